The van der Waals surface area contributed by atoms with Gasteiger partial charge < -0.3 is 10.2 Å². The van der Waals surface area contributed by atoms with Crippen LogP contribution in [0.15, 0.2) is 24.3 Å². The molecule has 1 fully saturated rings. The summed E-state index contributed by atoms with van der Waals surface area (Å²) in [6, 6.07) is 7.03. The van der Waals surface area contributed by atoms with Crippen LogP contribution in [0.4, 0.5) is 10.8 Å². The molecule has 1 aliphatic heterocycles. The number of hydrogen-bond donors (Lipinski definition) is 1. The lowest BCUT2D eigenvalue weighted by Crippen LogP contribution is -2.28. The number of anilines is 2. The number of carbonyl (C=O) groups is 2. The molecule has 6 nitrogen and oxygen atoms in total. The number of benzene rings is 1. The molecule has 0 bridgehead atoms. The fourth-order valence-electron chi connectivity index (χ4n) is 2.79. The van der Waals surface area contributed by atoms with Crippen LogP contribution in [0.1, 0.15) is 32.2 Å². The molecule has 1 N–H and O–H groups in total. The van der Waals surface area contributed by atoms with Crippen LogP contribution in [-0.4, -0.2) is 28.6 Å². The van der Waals surface area contributed by atoms with E-state index < -0.39 is 5.92 Å². The zero-order valence-corrected chi connectivity index (χ0v) is 16.5. The van der Waals surface area contributed by atoms with Gasteiger partial charge in [0.2, 0.25) is 16.9 Å². The highest BCUT2D eigenvalue weighted by molar-refractivity contribution is 7.15. The summed E-state index contributed by atoms with van der Waals surface area (Å²) >= 11 is 7.27. The Kier molecular flexibility index (Phi) is 5.29. The monoisotopic (exact) mass is 392 g/mol. The van der Waals surface area contributed by atoms with Gasteiger partial charge in [0, 0.05) is 30.1 Å². The lowest BCUT2D eigenvalue weighted by molar-refractivity contribution is -0.122. The van der Waals surface area contributed by atoms with E-state index in [2.05, 4.69) is 36.3 Å². The fourth-order valence-corrected chi connectivity index (χ4v) is 3.96. The van der Waals surface area contributed by atoms with E-state index >= 15 is 0 Å². The predicted molar refractivity (Wildman–Crippen MR) is 104 cm³/mol. The van der Waals surface area contributed by atoms with Crippen LogP contribution in [0.25, 0.3) is 0 Å². The van der Waals surface area contributed by atoms with Gasteiger partial charge in [0.25, 0.3) is 0 Å². The molecule has 2 amide bonds. The number of amides is 2. The van der Waals surface area contributed by atoms with E-state index in [-0.39, 0.29) is 23.7 Å². The summed E-state index contributed by atoms with van der Waals surface area (Å²) in [5.41, 5.74) is 0.857. The predicted octanol–water partition coefficient (Wildman–Crippen LogP) is 3.77. The van der Waals surface area contributed by atoms with E-state index in [9.17, 15) is 9.59 Å². The molecule has 2 aromatic rings. The molecule has 8 heteroatoms. The van der Waals surface area contributed by atoms with E-state index in [0.717, 1.165) is 17.1 Å². The van der Waals surface area contributed by atoms with Crippen molar-refractivity contribution >= 4 is 45.6 Å². The van der Waals surface area contributed by atoms with Crippen LogP contribution < -0.4 is 10.2 Å². The second-order valence-electron chi connectivity index (χ2n) is 7.61. The van der Waals surface area contributed by atoms with Gasteiger partial charge in [-0.2, -0.15) is 0 Å². The second-order valence-corrected chi connectivity index (χ2v) is 9.11. The molecule has 0 saturated carbocycles. The topological polar surface area (TPSA) is 75.2 Å². The third-order valence-corrected chi connectivity index (χ3v) is 5.10. The Morgan fingerprint density at radius 3 is 2.65 bits per heavy atom. The number of aromatic nitrogens is 2. The molecule has 1 saturated heterocycles. The average Bonchev–Trinajstić information content (AvgIpc) is 3.13. The van der Waals surface area contributed by atoms with Crippen LogP contribution in [-0.2, 0) is 16.0 Å². The molecule has 1 aromatic carbocycles. The van der Waals surface area contributed by atoms with Crippen molar-refractivity contribution in [3.63, 3.8) is 0 Å². The Hall–Kier alpha value is -1.99. The van der Waals surface area contributed by atoms with E-state index in [4.69, 9.17) is 11.6 Å². The maximum absolute atomic E-state index is 12.5. The highest BCUT2D eigenvalue weighted by Gasteiger charge is 2.35. The first kappa shape index (κ1) is 18.8. The van der Waals surface area contributed by atoms with Crippen molar-refractivity contribution in [2.24, 2.45) is 11.3 Å². The first-order valence-corrected chi connectivity index (χ1v) is 9.60. The number of rotatable bonds is 4. The number of nitrogens with one attached hydrogen (secondary N) is 1. The third kappa shape index (κ3) is 4.59. The van der Waals surface area contributed by atoms with Gasteiger partial charge in [-0.05, 0) is 29.7 Å². The maximum atomic E-state index is 12.5. The standard InChI is InChI=1S/C18H21ClN4O2S/c1-18(2,3)9-14-21-22-17(26-14)20-16(25)11-8-15(24)23(10-11)13-6-4-12(19)5-7-13/h4-7,11H,8-10H2,1-3H3,(H,20,22,25)/t11-/m0/s1. The fraction of sp³-hybridized carbons (Fsp3) is 0.444. The van der Waals surface area contributed by atoms with Gasteiger partial charge in [0.05, 0.1) is 5.92 Å². The van der Waals surface area contributed by atoms with Gasteiger partial charge in [0.15, 0.2) is 0 Å². The largest absolute Gasteiger partial charge is 0.312 e. The van der Waals surface area contributed by atoms with Crippen LogP contribution in [0, 0.1) is 11.3 Å². The summed E-state index contributed by atoms with van der Waals surface area (Å²) < 4.78 is 0. The molecule has 0 aliphatic carbocycles. The van der Waals surface area contributed by atoms with E-state index in [1.165, 1.54) is 11.3 Å². The van der Waals surface area contributed by atoms with Crippen molar-refractivity contribution in [2.45, 2.75) is 33.6 Å². The molecule has 1 aliphatic rings. The van der Waals surface area contributed by atoms with Gasteiger partial charge in [-0.25, -0.2) is 0 Å². The van der Waals surface area contributed by atoms with Crippen LogP contribution in [0.3, 0.4) is 0 Å². The van der Waals surface area contributed by atoms with E-state index in [0.29, 0.717) is 16.7 Å². The Balaban J connectivity index is 1.62. The SMILES string of the molecule is CC(C)(C)Cc1nnc(NC(=O)[C@H]2CC(=O)N(c3ccc(Cl)cc3)C2)s1. The van der Waals surface area contributed by atoms with Crippen LogP contribution in [0.2, 0.25) is 5.02 Å². The number of hydrogen-bond acceptors (Lipinski definition) is 5. The number of carbonyl (C=O) groups excluding carboxylic acids is 2. The summed E-state index contributed by atoms with van der Waals surface area (Å²) in [6.45, 7) is 6.73. The number of nitrogens with zero attached hydrogens (tertiary/aromatic N) is 3. The van der Waals surface area contributed by atoms with Gasteiger partial charge in [0.1, 0.15) is 5.01 Å². The lowest BCUT2D eigenvalue weighted by Gasteiger charge is -2.16. The number of halogens is 1. The molecule has 1 aromatic heterocycles. The molecule has 26 heavy (non-hydrogen) atoms. The second kappa shape index (κ2) is 7.32. The average molecular weight is 393 g/mol. The minimum absolute atomic E-state index is 0.0712. The smallest absolute Gasteiger partial charge is 0.231 e. The third-order valence-electron chi connectivity index (χ3n) is 4.01. The Bertz CT molecular complexity index is 813. The maximum Gasteiger partial charge on any atom is 0.231 e. The first-order chi connectivity index (χ1) is 12.2. The van der Waals surface area contributed by atoms with Crippen molar-refractivity contribution in [2.75, 3.05) is 16.8 Å². The molecule has 1 atom stereocenters. The van der Waals surface area contributed by atoms with Crippen LogP contribution >= 0.6 is 22.9 Å². The highest BCUT2D eigenvalue weighted by Crippen LogP contribution is 2.28. The lowest BCUT2D eigenvalue weighted by atomic mass is 9.93. The molecule has 2 heterocycles. The van der Waals surface area contributed by atoms with Gasteiger partial charge in [-0.3, -0.25) is 9.59 Å². The summed E-state index contributed by atoms with van der Waals surface area (Å²) in [4.78, 5) is 26.4. The molecule has 3 rings (SSSR count). The van der Waals surface area contributed by atoms with Crippen molar-refractivity contribution in [1.29, 1.82) is 0 Å². The van der Waals surface area contributed by atoms with Crippen molar-refractivity contribution in [3.05, 3.63) is 34.3 Å². The van der Waals surface area contributed by atoms with E-state index in [1.54, 1.807) is 29.2 Å². The molecular formula is C18H21ClN4O2S. The summed E-state index contributed by atoms with van der Waals surface area (Å²) in [6.07, 6.45) is 0.981. The van der Waals surface area contributed by atoms with Crippen molar-refractivity contribution < 1.29 is 9.59 Å². The van der Waals surface area contributed by atoms with Crippen molar-refractivity contribution in [1.82, 2.24) is 10.2 Å². The first-order valence-electron chi connectivity index (χ1n) is 8.40. The van der Waals surface area contributed by atoms with Gasteiger partial charge in [-0.15, -0.1) is 10.2 Å². The Morgan fingerprint density at radius 2 is 2.00 bits per heavy atom. The Labute approximate surface area is 161 Å². The summed E-state index contributed by atoms with van der Waals surface area (Å²) in [5, 5.41) is 12.9. The quantitative estimate of drug-likeness (QED) is 0.859. The molecule has 0 spiro atoms. The summed E-state index contributed by atoms with van der Waals surface area (Å²) in [7, 11) is 0. The minimum Gasteiger partial charge on any atom is -0.312 e. The van der Waals surface area contributed by atoms with Gasteiger partial charge >= 0.3 is 0 Å². The Morgan fingerprint density at radius 1 is 1.31 bits per heavy atom. The normalized spacial score (nSPS) is 17.6. The van der Waals surface area contributed by atoms with Gasteiger partial charge in [-0.1, -0.05) is 43.7 Å². The molecule has 138 valence electrons. The molecular weight excluding hydrogens is 372 g/mol. The summed E-state index contributed by atoms with van der Waals surface area (Å²) in [5.74, 6) is -0.681. The van der Waals surface area contributed by atoms with Crippen molar-refractivity contribution in [3.8, 4) is 0 Å². The van der Waals surface area contributed by atoms with E-state index in [1.807, 2.05) is 0 Å². The minimum atomic E-state index is -0.409. The zero-order chi connectivity index (χ0) is 18.9. The molecule has 0 radical (unpaired) electrons. The highest BCUT2D eigenvalue weighted by atomic mass is 35.5. The zero-order valence-electron chi connectivity index (χ0n) is 15.0. The molecule has 0 unspecified atom stereocenters. The van der Waals surface area contributed by atoms with Crippen LogP contribution in [0.5, 0.6) is 0 Å².